The van der Waals surface area contributed by atoms with Crippen LogP contribution in [-0.4, -0.2) is 48.5 Å². The van der Waals surface area contributed by atoms with Gasteiger partial charge in [0.1, 0.15) is 6.61 Å². The van der Waals surface area contributed by atoms with Gasteiger partial charge in [-0.05, 0) is 42.1 Å². The minimum Gasteiger partial charge on any atom is -0.504 e. The molecule has 1 N–H and O–H groups in total. The molecule has 0 bridgehead atoms. The Bertz CT molecular complexity index is 977. The van der Waals surface area contributed by atoms with Gasteiger partial charge in [-0.25, -0.2) is 0 Å². The first-order chi connectivity index (χ1) is 13.9. The van der Waals surface area contributed by atoms with Gasteiger partial charge in [-0.3, -0.25) is 14.5 Å². The largest absolute Gasteiger partial charge is 0.504 e. The van der Waals surface area contributed by atoms with Gasteiger partial charge in [0.15, 0.2) is 23.0 Å². The van der Waals surface area contributed by atoms with Crippen LogP contribution in [0.15, 0.2) is 45.8 Å². The number of rotatable bonds is 7. The van der Waals surface area contributed by atoms with Crippen LogP contribution in [-0.2, 0) is 4.79 Å². The van der Waals surface area contributed by atoms with Crippen LogP contribution in [0.3, 0.4) is 0 Å². The van der Waals surface area contributed by atoms with E-state index in [1.54, 1.807) is 30.3 Å². The summed E-state index contributed by atoms with van der Waals surface area (Å²) in [5, 5.41) is 9.87. The first-order valence-electron chi connectivity index (χ1n) is 8.52. The standard InChI is InChI=1S/C20H18BrNO6S/c1-26-14-5-3-4-6-15(14)28-8-7-22-19(24)17(29-20(22)25)10-12-9-13(21)11-16(27-2)18(12)23/h3-6,9-11,23H,7-8H2,1-2H3/b17-10-. The summed E-state index contributed by atoms with van der Waals surface area (Å²) < 4.78 is 16.6. The van der Waals surface area contributed by atoms with Gasteiger partial charge in [-0.15, -0.1) is 0 Å². The molecule has 0 spiro atoms. The SMILES string of the molecule is COc1ccccc1OCCN1C(=O)S/C(=C\c2cc(Br)cc(OC)c2O)C1=O. The number of carbonyl (C=O) groups excluding carboxylic acids is 2. The molecule has 2 aromatic rings. The molecule has 1 aliphatic rings. The Hall–Kier alpha value is -2.65. The molecule has 29 heavy (non-hydrogen) atoms. The van der Waals surface area contributed by atoms with Gasteiger partial charge in [0, 0.05) is 10.0 Å². The second-order valence-corrected chi connectivity index (χ2v) is 7.79. The maximum absolute atomic E-state index is 12.6. The number of hydrogen-bond donors (Lipinski definition) is 1. The molecule has 0 atom stereocenters. The van der Waals surface area contributed by atoms with E-state index in [1.165, 1.54) is 20.3 Å². The highest BCUT2D eigenvalue weighted by molar-refractivity contribution is 9.10. The molecule has 9 heteroatoms. The van der Waals surface area contributed by atoms with Crippen LogP contribution in [0, 0.1) is 0 Å². The fourth-order valence-corrected chi connectivity index (χ4v) is 3.99. The number of para-hydroxylation sites is 2. The minimum atomic E-state index is -0.443. The molecule has 1 saturated heterocycles. The quantitative estimate of drug-likeness (QED) is 0.592. The van der Waals surface area contributed by atoms with Crippen LogP contribution in [0.2, 0.25) is 0 Å². The van der Waals surface area contributed by atoms with Crippen molar-refractivity contribution < 1.29 is 28.9 Å². The zero-order chi connectivity index (χ0) is 21.0. The van der Waals surface area contributed by atoms with Crippen LogP contribution < -0.4 is 14.2 Å². The molecule has 152 valence electrons. The summed E-state index contributed by atoms with van der Waals surface area (Å²) in [4.78, 5) is 26.2. The van der Waals surface area contributed by atoms with Gasteiger partial charge in [0.2, 0.25) is 0 Å². The third kappa shape index (κ3) is 4.68. The number of methoxy groups -OCH3 is 2. The first-order valence-corrected chi connectivity index (χ1v) is 10.1. The predicted octanol–water partition coefficient (Wildman–Crippen LogP) is 4.29. The van der Waals surface area contributed by atoms with Gasteiger partial charge in [0.25, 0.3) is 11.1 Å². The summed E-state index contributed by atoms with van der Waals surface area (Å²) in [6.45, 7) is 0.218. The number of phenols is 1. The molecule has 2 aromatic carbocycles. The highest BCUT2D eigenvalue weighted by atomic mass is 79.9. The lowest BCUT2D eigenvalue weighted by atomic mass is 10.1. The van der Waals surface area contributed by atoms with Crippen molar-refractivity contribution in [3.63, 3.8) is 0 Å². The number of phenolic OH excluding ortho intramolecular Hbond substituents is 1. The number of hydrogen-bond acceptors (Lipinski definition) is 7. The third-order valence-electron chi connectivity index (χ3n) is 4.09. The number of imide groups is 1. The molecule has 1 aliphatic heterocycles. The molecule has 0 radical (unpaired) electrons. The van der Waals surface area contributed by atoms with E-state index in [2.05, 4.69) is 15.9 Å². The highest BCUT2D eigenvalue weighted by Crippen LogP contribution is 2.38. The molecule has 0 aromatic heterocycles. The number of thioether (sulfide) groups is 1. The van der Waals surface area contributed by atoms with Gasteiger partial charge in [0.05, 0.1) is 25.7 Å². The zero-order valence-corrected chi connectivity index (χ0v) is 18.1. The molecular formula is C20H18BrNO6S. The van der Waals surface area contributed by atoms with E-state index in [0.29, 0.717) is 21.5 Å². The number of carbonyl (C=O) groups is 2. The Kier molecular flexibility index (Phi) is 6.71. The van der Waals surface area contributed by atoms with Crippen molar-refractivity contribution in [1.29, 1.82) is 0 Å². The van der Waals surface area contributed by atoms with Crippen LogP contribution >= 0.6 is 27.7 Å². The molecule has 7 nitrogen and oxygen atoms in total. The Labute approximate surface area is 180 Å². The summed E-state index contributed by atoms with van der Waals surface area (Å²) >= 11 is 4.14. The lowest BCUT2D eigenvalue weighted by molar-refractivity contribution is -0.123. The summed E-state index contributed by atoms with van der Waals surface area (Å²) in [6, 6.07) is 10.4. The van der Waals surface area contributed by atoms with Gasteiger partial charge in [-0.1, -0.05) is 28.1 Å². The summed E-state index contributed by atoms with van der Waals surface area (Å²) in [5.74, 6) is 0.809. The molecule has 0 aliphatic carbocycles. The van der Waals surface area contributed by atoms with Crippen molar-refractivity contribution in [2.45, 2.75) is 0 Å². The Balaban J connectivity index is 1.71. The van der Waals surface area contributed by atoms with E-state index >= 15 is 0 Å². The summed E-state index contributed by atoms with van der Waals surface area (Å²) in [6.07, 6.45) is 1.47. The van der Waals surface area contributed by atoms with Crippen molar-refractivity contribution in [2.24, 2.45) is 0 Å². The van der Waals surface area contributed by atoms with Crippen LogP contribution in [0.1, 0.15) is 5.56 Å². The Morgan fingerprint density at radius 2 is 1.79 bits per heavy atom. The predicted molar refractivity (Wildman–Crippen MR) is 114 cm³/mol. The molecule has 1 heterocycles. The van der Waals surface area contributed by atoms with Crippen LogP contribution in [0.25, 0.3) is 6.08 Å². The minimum absolute atomic E-state index is 0.0911. The maximum Gasteiger partial charge on any atom is 0.293 e. The van der Waals surface area contributed by atoms with E-state index < -0.39 is 11.1 Å². The lowest BCUT2D eigenvalue weighted by Gasteiger charge is -2.14. The maximum atomic E-state index is 12.6. The fourth-order valence-electron chi connectivity index (χ4n) is 2.68. The lowest BCUT2D eigenvalue weighted by Crippen LogP contribution is -2.32. The van der Waals surface area contributed by atoms with Crippen molar-refractivity contribution >= 4 is 44.9 Å². The summed E-state index contributed by atoms with van der Waals surface area (Å²) in [5.41, 5.74) is 0.368. The molecule has 3 rings (SSSR count). The number of halogens is 1. The second-order valence-electron chi connectivity index (χ2n) is 5.88. The van der Waals surface area contributed by atoms with Gasteiger partial charge < -0.3 is 19.3 Å². The smallest absolute Gasteiger partial charge is 0.293 e. The number of benzene rings is 2. The average Bonchev–Trinajstić information content (AvgIpc) is 2.98. The van der Waals surface area contributed by atoms with E-state index in [1.807, 2.05) is 6.07 Å². The van der Waals surface area contributed by atoms with Crippen LogP contribution in [0.5, 0.6) is 23.0 Å². The van der Waals surface area contributed by atoms with E-state index in [0.717, 1.165) is 16.7 Å². The monoisotopic (exact) mass is 479 g/mol. The highest BCUT2D eigenvalue weighted by Gasteiger charge is 2.35. The molecular weight excluding hydrogens is 462 g/mol. The molecule has 0 unspecified atom stereocenters. The van der Waals surface area contributed by atoms with E-state index in [-0.39, 0.29) is 29.6 Å². The van der Waals surface area contributed by atoms with Crippen molar-refractivity contribution in [2.75, 3.05) is 27.4 Å². The fraction of sp³-hybridized carbons (Fsp3) is 0.200. The topological polar surface area (TPSA) is 85.3 Å². The molecule has 2 amide bonds. The molecule has 0 saturated carbocycles. The Morgan fingerprint density at radius 3 is 2.48 bits per heavy atom. The van der Waals surface area contributed by atoms with E-state index in [9.17, 15) is 14.7 Å². The zero-order valence-electron chi connectivity index (χ0n) is 15.7. The van der Waals surface area contributed by atoms with E-state index in [4.69, 9.17) is 14.2 Å². The van der Waals surface area contributed by atoms with Crippen molar-refractivity contribution in [3.05, 3.63) is 51.3 Å². The van der Waals surface area contributed by atoms with Crippen LogP contribution in [0.4, 0.5) is 4.79 Å². The number of nitrogens with zero attached hydrogens (tertiary/aromatic N) is 1. The second kappa shape index (κ2) is 9.23. The normalized spacial score (nSPS) is 15.1. The summed E-state index contributed by atoms with van der Waals surface area (Å²) in [7, 11) is 2.97. The average molecular weight is 480 g/mol. The van der Waals surface area contributed by atoms with Crippen molar-refractivity contribution in [1.82, 2.24) is 4.90 Å². The number of aromatic hydroxyl groups is 1. The number of amides is 2. The van der Waals surface area contributed by atoms with Gasteiger partial charge in [-0.2, -0.15) is 0 Å². The first kappa shape index (κ1) is 21.1. The van der Waals surface area contributed by atoms with Crippen molar-refractivity contribution in [3.8, 4) is 23.0 Å². The Morgan fingerprint density at radius 1 is 1.10 bits per heavy atom. The van der Waals surface area contributed by atoms with Gasteiger partial charge >= 0.3 is 0 Å². The molecule has 1 fully saturated rings. The third-order valence-corrected chi connectivity index (χ3v) is 5.46. The number of ether oxygens (including phenoxy) is 3.